The van der Waals surface area contributed by atoms with Crippen molar-refractivity contribution in [2.45, 2.75) is 17.6 Å². The zero-order valence-electron chi connectivity index (χ0n) is 17.8. The molecule has 1 fully saturated rings. The normalized spacial score (nSPS) is 16.9. The van der Waals surface area contributed by atoms with E-state index in [0.717, 1.165) is 35.0 Å². The van der Waals surface area contributed by atoms with Crippen LogP contribution in [0, 0.1) is 0 Å². The van der Waals surface area contributed by atoms with Crippen molar-refractivity contribution in [3.05, 3.63) is 65.0 Å². The number of nitrogens with zero attached hydrogens (tertiary/aromatic N) is 2. The van der Waals surface area contributed by atoms with Crippen molar-refractivity contribution < 1.29 is 17.9 Å². The van der Waals surface area contributed by atoms with Crippen LogP contribution < -0.4 is 9.64 Å². The van der Waals surface area contributed by atoms with Crippen LogP contribution in [0.1, 0.15) is 22.2 Å². The number of fused-ring (bicyclic) bond motifs is 3. The molecule has 0 radical (unpaired) electrons. The first kappa shape index (κ1) is 21.0. The minimum Gasteiger partial charge on any atom is -0.494 e. The molecule has 32 heavy (non-hydrogen) atoms. The maximum atomic E-state index is 13.2. The van der Waals surface area contributed by atoms with Gasteiger partial charge >= 0.3 is 0 Å². The fraction of sp³-hybridized carbons (Fsp3) is 0.292. The van der Waals surface area contributed by atoms with Gasteiger partial charge in [0.05, 0.1) is 22.1 Å². The van der Waals surface area contributed by atoms with E-state index in [-0.39, 0.29) is 11.7 Å². The second-order valence-electron chi connectivity index (χ2n) is 7.93. The number of sulfone groups is 1. The van der Waals surface area contributed by atoms with E-state index >= 15 is 0 Å². The van der Waals surface area contributed by atoms with Gasteiger partial charge < -0.3 is 14.5 Å². The van der Waals surface area contributed by atoms with E-state index < -0.39 is 9.84 Å². The molecule has 3 aromatic rings. The summed E-state index contributed by atoms with van der Waals surface area (Å²) < 4.78 is 30.8. The van der Waals surface area contributed by atoms with Gasteiger partial charge in [-0.1, -0.05) is 18.2 Å². The van der Waals surface area contributed by atoms with Crippen LogP contribution >= 0.6 is 11.3 Å². The van der Waals surface area contributed by atoms with Crippen molar-refractivity contribution in [3.63, 3.8) is 0 Å². The number of hydrogen-bond donors (Lipinski definition) is 0. The maximum Gasteiger partial charge on any atom is 0.264 e. The molecular weight excluding hydrogens is 444 g/mol. The topological polar surface area (TPSA) is 66.9 Å². The third-order valence-corrected chi connectivity index (χ3v) is 8.83. The van der Waals surface area contributed by atoms with Crippen molar-refractivity contribution in [3.8, 4) is 16.2 Å². The first-order chi connectivity index (χ1) is 15.5. The lowest BCUT2D eigenvalue weighted by Crippen LogP contribution is -2.48. The van der Waals surface area contributed by atoms with Crippen LogP contribution in [0.3, 0.4) is 0 Å². The molecule has 0 saturated carbocycles. The molecule has 166 valence electrons. The summed E-state index contributed by atoms with van der Waals surface area (Å²) in [5.41, 5.74) is 2.55. The summed E-state index contributed by atoms with van der Waals surface area (Å²) in [5, 5.41) is 0. The van der Waals surface area contributed by atoms with E-state index in [1.165, 1.54) is 11.3 Å². The number of thiophene rings is 1. The van der Waals surface area contributed by atoms with Gasteiger partial charge in [-0.15, -0.1) is 11.3 Å². The third kappa shape index (κ3) is 3.78. The molecule has 0 bridgehead atoms. The van der Waals surface area contributed by atoms with E-state index in [4.69, 9.17) is 4.74 Å². The number of rotatable bonds is 4. The zero-order chi connectivity index (χ0) is 22.3. The number of amides is 1. The number of anilines is 1. The second-order valence-corrected chi connectivity index (χ2v) is 10.9. The molecule has 1 saturated heterocycles. The molecule has 8 heteroatoms. The lowest BCUT2D eigenvalue weighted by Gasteiger charge is -2.36. The number of ether oxygens (including phenoxy) is 1. The Bertz CT molecular complexity index is 1260. The van der Waals surface area contributed by atoms with E-state index in [1.54, 1.807) is 18.2 Å². The van der Waals surface area contributed by atoms with Gasteiger partial charge in [0.2, 0.25) is 0 Å². The highest BCUT2D eigenvalue weighted by Crippen LogP contribution is 2.43. The molecule has 0 atom stereocenters. The molecule has 0 spiro atoms. The summed E-state index contributed by atoms with van der Waals surface area (Å²) in [6, 6.07) is 16.9. The van der Waals surface area contributed by atoms with Gasteiger partial charge in [0.1, 0.15) is 5.75 Å². The highest BCUT2D eigenvalue weighted by Gasteiger charge is 2.32. The fourth-order valence-corrected chi connectivity index (χ4v) is 7.25. The first-order valence-corrected chi connectivity index (χ1v) is 13.1. The van der Waals surface area contributed by atoms with Gasteiger partial charge in [-0.25, -0.2) is 8.42 Å². The summed E-state index contributed by atoms with van der Waals surface area (Å²) in [4.78, 5) is 19.2. The summed E-state index contributed by atoms with van der Waals surface area (Å²) in [5.74, 6) is 0.787. The van der Waals surface area contributed by atoms with E-state index in [0.29, 0.717) is 35.0 Å². The number of hydrogen-bond acceptors (Lipinski definition) is 6. The lowest BCUT2D eigenvalue weighted by atomic mass is 10.1. The summed E-state index contributed by atoms with van der Waals surface area (Å²) in [7, 11) is -3.37. The van der Waals surface area contributed by atoms with Crippen molar-refractivity contribution >= 4 is 32.8 Å². The van der Waals surface area contributed by atoms with Crippen molar-refractivity contribution in [2.24, 2.45) is 0 Å². The Kier molecular flexibility index (Phi) is 5.43. The quantitative estimate of drug-likeness (QED) is 0.578. The minimum absolute atomic E-state index is 0.0226. The molecule has 2 aliphatic rings. The highest BCUT2D eigenvalue weighted by atomic mass is 32.2. The zero-order valence-corrected chi connectivity index (χ0v) is 19.4. The van der Waals surface area contributed by atoms with E-state index in [9.17, 15) is 13.2 Å². The van der Waals surface area contributed by atoms with Gasteiger partial charge in [-0.3, -0.25) is 4.79 Å². The van der Waals surface area contributed by atoms with Gasteiger partial charge in [0, 0.05) is 42.3 Å². The fourth-order valence-electron chi connectivity index (χ4n) is 4.32. The predicted octanol–water partition coefficient (Wildman–Crippen LogP) is 4.06. The van der Waals surface area contributed by atoms with Gasteiger partial charge in [0.15, 0.2) is 9.84 Å². The lowest BCUT2D eigenvalue weighted by molar-refractivity contribution is 0.0751. The van der Waals surface area contributed by atoms with Crippen LogP contribution in [0.25, 0.3) is 10.4 Å². The number of carbonyl (C=O) groups excluding carboxylic acids is 1. The molecular formula is C24H24N2O4S2. The smallest absolute Gasteiger partial charge is 0.264 e. The molecule has 1 amide bonds. The van der Waals surface area contributed by atoms with Crippen molar-refractivity contribution in [2.75, 3.05) is 37.7 Å². The molecule has 6 nitrogen and oxygen atoms in total. The van der Waals surface area contributed by atoms with Crippen LogP contribution in [0.5, 0.6) is 5.75 Å². The minimum atomic E-state index is -3.37. The van der Waals surface area contributed by atoms with Crippen LogP contribution in [0.2, 0.25) is 0 Å². The Morgan fingerprint density at radius 1 is 1.03 bits per heavy atom. The largest absolute Gasteiger partial charge is 0.494 e. The van der Waals surface area contributed by atoms with Gasteiger partial charge in [-0.05, 0) is 48.9 Å². The standard InChI is InChI=1S/C24H24N2O4S2/c1-2-30-19-9-7-18(8-10-19)25-11-13-26(14-12-25)24(27)21-15-17-16-32(28,29)22-6-4-3-5-20(22)23(17)31-21/h3-10,15H,2,11-14,16H2,1H3. The molecule has 2 aromatic carbocycles. The van der Waals surface area contributed by atoms with Crippen LogP contribution in [0.4, 0.5) is 5.69 Å². The number of carbonyl (C=O) groups is 1. The predicted molar refractivity (Wildman–Crippen MR) is 126 cm³/mol. The molecule has 3 heterocycles. The van der Waals surface area contributed by atoms with Crippen LogP contribution in [-0.2, 0) is 15.6 Å². The Morgan fingerprint density at radius 3 is 2.47 bits per heavy atom. The van der Waals surface area contributed by atoms with Gasteiger partial charge in [-0.2, -0.15) is 0 Å². The van der Waals surface area contributed by atoms with Crippen LogP contribution in [0.15, 0.2) is 59.5 Å². The monoisotopic (exact) mass is 468 g/mol. The Hall–Kier alpha value is -2.84. The molecule has 0 aliphatic carbocycles. The van der Waals surface area contributed by atoms with Crippen molar-refractivity contribution in [1.82, 2.24) is 4.90 Å². The highest BCUT2D eigenvalue weighted by molar-refractivity contribution is 7.91. The Labute approximate surface area is 192 Å². The Balaban J connectivity index is 1.30. The van der Waals surface area contributed by atoms with Gasteiger partial charge in [0.25, 0.3) is 5.91 Å². The summed E-state index contributed by atoms with van der Waals surface area (Å²) in [6.07, 6.45) is 0. The summed E-state index contributed by atoms with van der Waals surface area (Å²) >= 11 is 1.40. The number of benzene rings is 2. The average molecular weight is 469 g/mol. The first-order valence-electron chi connectivity index (χ1n) is 10.7. The Morgan fingerprint density at radius 2 is 1.75 bits per heavy atom. The SMILES string of the molecule is CCOc1ccc(N2CCN(C(=O)c3cc4c(s3)-c3ccccc3S(=O)(=O)C4)CC2)cc1. The molecule has 1 aromatic heterocycles. The molecule has 0 N–H and O–H groups in total. The van der Waals surface area contributed by atoms with Crippen LogP contribution in [-0.4, -0.2) is 52.0 Å². The third-order valence-electron chi connectivity index (χ3n) is 5.91. The number of piperazine rings is 1. The second kappa shape index (κ2) is 8.26. The van der Waals surface area contributed by atoms with Crippen molar-refractivity contribution in [1.29, 1.82) is 0 Å². The molecule has 0 unspecified atom stereocenters. The molecule has 2 aliphatic heterocycles. The summed E-state index contributed by atoms with van der Waals surface area (Å²) in [6.45, 7) is 5.37. The maximum absolute atomic E-state index is 13.2. The van der Waals surface area contributed by atoms with E-state index in [2.05, 4.69) is 4.90 Å². The van der Waals surface area contributed by atoms with E-state index in [1.807, 2.05) is 48.2 Å². The average Bonchev–Trinajstić information content (AvgIpc) is 3.23. The molecule has 5 rings (SSSR count).